The molecule has 19 heavy (non-hydrogen) atoms. The van der Waals surface area contributed by atoms with Crippen LogP contribution in [-0.2, 0) is 12.8 Å². The lowest BCUT2D eigenvalue weighted by molar-refractivity contribution is 0.339. The summed E-state index contributed by atoms with van der Waals surface area (Å²) in [5.41, 5.74) is 3.40. The van der Waals surface area contributed by atoms with Gasteiger partial charge in [0.15, 0.2) is 0 Å². The van der Waals surface area contributed by atoms with Crippen LogP contribution in [0, 0.1) is 11.3 Å². The van der Waals surface area contributed by atoms with E-state index in [1.54, 1.807) is 0 Å². The van der Waals surface area contributed by atoms with E-state index in [0.29, 0.717) is 5.41 Å². The third kappa shape index (κ3) is 5.38. The van der Waals surface area contributed by atoms with Gasteiger partial charge in [0, 0.05) is 0 Å². The van der Waals surface area contributed by atoms with Crippen molar-refractivity contribution < 1.29 is 0 Å². The van der Waals surface area contributed by atoms with Crippen LogP contribution in [0.5, 0.6) is 0 Å². The third-order valence-corrected chi connectivity index (χ3v) is 4.32. The van der Waals surface area contributed by atoms with Crippen LogP contribution in [-0.4, -0.2) is 0 Å². The van der Waals surface area contributed by atoms with Crippen molar-refractivity contribution in [3.05, 3.63) is 35.4 Å². The topological polar surface area (TPSA) is 0 Å². The highest BCUT2D eigenvalue weighted by atomic mass is 14.2. The Morgan fingerprint density at radius 3 is 2.05 bits per heavy atom. The fourth-order valence-electron chi connectivity index (χ4n) is 3.28. The van der Waals surface area contributed by atoms with Crippen molar-refractivity contribution in [1.82, 2.24) is 0 Å². The van der Waals surface area contributed by atoms with Gasteiger partial charge in [-0.1, -0.05) is 77.1 Å². The van der Waals surface area contributed by atoms with Gasteiger partial charge in [-0.15, -0.1) is 0 Å². The van der Waals surface area contributed by atoms with Crippen LogP contribution >= 0.6 is 0 Å². The lowest BCUT2D eigenvalue weighted by Crippen LogP contribution is -2.09. The van der Waals surface area contributed by atoms with Gasteiger partial charge in [-0.05, 0) is 41.7 Å². The van der Waals surface area contributed by atoms with E-state index in [1.807, 2.05) is 0 Å². The third-order valence-electron chi connectivity index (χ3n) is 4.32. The maximum atomic E-state index is 2.35. The molecule has 0 atom stereocenters. The minimum absolute atomic E-state index is 0.392. The molecule has 1 aliphatic rings. The number of rotatable bonds is 4. The van der Waals surface area contributed by atoms with Crippen LogP contribution < -0.4 is 0 Å². The first-order chi connectivity index (χ1) is 9.03. The van der Waals surface area contributed by atoms with Crippen LogP contribution in [0.15, 0.2) is 24.3 Å². The Kier molecular flexibility index (Phi) is 5.07. The van der Waals surface area contributed by atoms with Gasteiger partial charge in [0.2, 0.25) is 0 Å². The summed E-state index contributed by atoms with van der Waals surface area (Å²) in [7, 11) is 0. The first-order valence-corrected chi connectivity index (χ1v) is 8.11. The second kappa shape index (κ2) is 6.59. The van der Waals surface area contributed by atoms with E-state index in [2.05, 4.69) is 45.0 Å². The van der Waals surface area contributed by atoms with E-state index < -0.39 is 0 Å². The minimum atomic E-state index is 0.392. The van der Waals surface area contributed by atoms with Gasteiger partial charge in [-0.25, -0.2) is 0 Å². The van der Waals surface area contributed by atoms with Crippen molar-refractivity contribution in [2.24, 2.45) is 11.3 Å². The SMILES string of the molecule is CC(C)(C)Cc1ccc(CCC2CCCCC2)cc1. The normalized spacial score (nSPS) is 17.6. The molecule has 106 valence electrons. The molecule has 0 saturated heterocycles. The minimum Gasteiger partial charge on any atom is -0.0599 e. The van der Waals surface area contributed by atoms with Crippen molar-refractivity contribution in [3.8, 4) is 0 Å². The Morgan fingerprint density at radius 1 is 0.895 bits per heavy atom. The monoisotopic (exact) mass is 258 g/mol. The molecule has 0 N–H and O–H groups in total. The van der Waals surface area contributed by atoms with E-state index >= 15 is 0 Å². The summed E-state index contributed by atoms with van der Waals surface area (Å²) in [4.78, 5) is 0. The summed E-state index contributed by atoms with van der Waals surface area (Å²) >= 11 is 0. The van der Waals surface area contributed by atoms with E-state index in [9.17, 15) is 0 Å². The molecule has 0 unspecified atom stereocenters. The van der Waals surface area contributed by atoms with Crippen LogP contribution in [0.4, 0.5) is 0 Å². The second-order valence-electron chi connectivity index (χ2n) is 7.60. The highest BCUT2D eigenvalue weighted by Gasteiger charge is 2.13. The van der Waals surface area contributed by atoms with Gasteiger partial charge < -0.3 is 0 Å². The van der Waals surface area contributed by atoms with Gasteiger partial charge in [0.25, 0.3) is 0 Å². The van der Waals surface area contributed by atoms with Crippen LogP contribution in [0.2, 0.25) is 0 Å². The molecule has 1 aromatic rings. The molecule has 0 heteroatoms. The van der Waals surface area contributed by atoms with Gasteiger partial charge >= 0.3 is 0 Å². The summed E-state index contributed by atoms with van der Waals surface area (Å²) in [6, 6.07) is 9.37. The van der Waals surface area contributed by atoms with E-state index in [-0.39, 0.29) is 0 Å². The highest BCUT2D eigenvalue weighted by molar-refractivity contribution is 5.23. The summed E-state index contributed by atoms with van der Waals surface area (Å²) in [5.74, 6) is 1.00. The fourth-order valence-corrected chi connectivity index (χ4v) is 3.28. The molecular weight excluding hydrogens is 228 g/mol. The number of aryl methyl sites for hydroxylation is 1. The molecule has 0 aromatic heterocycles. The molecule has 1 aliphatic carbocycles. The molecule has 0 nitrogen and oxygen atoms in total. The average Bonchev–Trinajstić information content (AvgIpc) is 2.37. The predicted octanol–water partition coefficient (Wildman–Crippen LogP) is 5.79. The lowest BCUT2D eigenvalue weighted by Gasteiger charge is -2.21. The van der Waals surface area contributed by atoms with Crippen molar-refractivity contribution in [2.75, 3.05) is 0 Å². The smallest absolute Gasteiger partial charge is 0.0230 e. The molecule has 1 fully saturated rings. The fraction of sp³-hybridized carbons (Fsp3) is 0.684. The number of hydrogen-bond acceptors (Lipinski definition) is 0. The van der Waals surface area contributed by atoms with Gasteiger partial charge in [0.05, 0.1) is 0 Å². The first-order valence-electron chi connectivity index (χ1n) is 8.11. The molecule has 0 aliphatic heterocycles. The standard InChI is InChI=1S/C19H30/c1-19(2,3)15-18-13-11-17(12-14-18)10-9-16-7-5-4-6-8-16/h11-14,16H,4-10,15H2,1-3H3. The Balaban J connectivity index is 1.81. The molecule has 0 heterocycles. The highest BCUT2D eigenvalue weighted by Crippen LogP contribution is 2.27. The van der Waals surface area contributed by atoms with Crippen molar-refractivity contribution in [3.63, 3.8) is 0 Å². The van der Waals surface area contributed by atoms with Gasteiger partial charge in [-0.3, -0.25) is 0 Å². The molecule has 0 spiro atoms. The Morgan fingerprint density at radius 2 is 1.47 bits per heavy atom. The van der Waals surface area contributed by atoms with Crippen molar-refractivity contribution in [2.45, 2.75) is 72.1 Å². The quantitative estimate of drug-likeness (QED) is 0.641. The molecule has 2 rings (SSSR count). The Hall–Kier alpha value is -0.780. The average molecular weight is 258 g/mol. The summed E-state index contributed by atoms with van der Waals surface area (Å²) in [6.07, 6.45) is 11.2. The maximum absolute atomic E-state index is 2.35. The number of benzene rings is 1. The van der Waals surface area contributed by atoms with Crippen molar-refractivity contribution in [1.29, 1.82) is 0 Å². The van der Waals surface area contributed by atoms with Crippen LogP contribution in [0.3, 0.4) is 0 Å². The molecule has 0 bridgehead atoms. The zero-order valence-corrected chi connectivity index (χ0v) is 13.0. The number of hydrogen-bond donors (Lipinski definition) is 0. The summed E-state index contributed by atoms with van der Waals surface area (Å²) < 4.78 is 0. The largest absolute Gasteiger partial charge is 0.0599 e. The predicted molar refractivity (Wildman–Crippen MR) is 84.5 cm³/mol. The molecule has 0 radical (unpaired) electrons. The summed E-state index contributed by atoms with van der Waals surface area (Å²) in [6.45, 7) is 6.93. The Bertz CT molecular complexity index is 360. The van der Waals surface area contributed by atoms with Gasteiger partial charge in [-0.2, -0.15) is 0 Å². The maximum Gasteiger partial charge on any atom is -0.0230 e. The Labute approximate surface area is 119 Å². The lowest BCUT2D eigenvalue weighted by atomic mass is 9.85. The van der Waals surface area contributed by atoms with E-state index in [4.69, 9.17) is 0 Å². The second-order valence-corrected chi connectivity index (χ2v) is 7.60. The van der Waals surface area contributed by atoms with E-state index in [0.717, 1.165) is 5.92 Å². The van der Waals surface area contributed by atoms with E-state index in [1.165, 1.54) is 62.5 Å². The zero-order valence-electron chi connectivity index (χ0n) is 13.0. The zero-order chi connectivity index (χ0) is 13.7. The molecule has 0 amide bonds. The molecule has 1 aromatic carbocycles. The van der Waals surface area contributed by atoms with Crippen LogP contribution in [0.1, 0.15) is 70.4 Å². The summed E-state index contributed by atoms with van der Waals surface area (Å²) in [5, 5.41) is 0. The van der Waals surface area contributed by atoms with Crippen molar-refractivity contribution >= 4 is 0 Å². The molecule has 1 saturated carbocycles. The van der Waals surface area contributed by atoms with Gasteiger partial charge in [0.1, 0.15) is 0 Å². The van der Waals surface area contributed by atoms with Crippen LogP contribution in [0.25, 0.3) is 0 Å². The first kappa shape index (κ1) is 14.6. The molecular formula is C19H30.